The standard InChI is InChI=1S/C15H22N2O/c1-12-6-8-14(9-7-12)17-15(18)16-11-10-13-4-2-3-5-13/h6-9,13H,2-5,10-11H2,1H3,(H2,16,17,18). The van der Waals surface area contributed by atoms with Crippen LogP contribution >= 0.6 is 0 Å². The normalized spacial score (nSPS) is 15.6. The average molecular weight is 246 g/mol. The number of rotatable bonds is 4. The second-order valence-corrected chi connectivity index (χ2v) is 5.19. The van der Waals surface area contributed by atoms with Crippen LogP contribution < -0.4 is 10.6 Å². The Hall–Kier alpha value is -1.51. The Morgan fingerprint density at radius 1 is 1.22 bits per heavy atom. The SMILES string of the molecule is Cc1ccc(NC(=O)NCCC2CCCC2)cc1. The Bertz CT molecular complexity index is 380. The summed E-state index contributed by atoms with van der Waals surface area (Å²) in [5.74, 6) is 0.824. The van der Waals surface area contributed by atoms with Gasteiger partial charge in [-0.15, -0.1) is 0 Å². The third kappa shape index (κ3) is 4.06. The van der Waals surface area contributed by atoms with Crippen LogP contribution in [0.25, 0.3) is 0 Å². The summed E-state index contributed by atoms with van der Waals surface area (Å²) in [5, 5.41) is 5.77. The van der Waals surface area contributed by atoms with Gasteiger partial charge in [0.05, 0.1) is 0 Å². The molecule has 1 fully saturated rings. The maximum absolute atomic E-state index is 11.6. The van der Waals surface area contributed by atoms with Crippen LogP contribution in [-0.2, 0) is 0 Å². The summed E-state index contributed by atoms with van der Waals surface area (Å²) in [7, 11) is 0. The summed E-state index contributed by atoms with van der Waals surface area (Å²) in [6.07, 6.45) is 6.50. The van der Waals surface area contributed by atoms with E-state index in [1.165, 1.54) is 31.2 Å². The van der Waals surface area contributed by atoms with Crippen molar-refractivity contribution in [2.75, 3.05) is 11.9 Å². The lowest BCUT2D eigenvalue weighted by Gasteiger charge is -2.11. The summed E-state index contributed by atoms with van der Waals surface area (Å²) in [6.45, 7) is 2.81. The fourth-order valence-electron chi connectivity index (χ4n) is 2.50. The van der Waals surface area contributed by atoms with E-state index in [-0.39, 0.29) is 6.03 Å². The van der Waals surface area contributed by atoms with Gasteiger partial charge in [-0.2, -0.15) is 0 Å². The van der Waals surface area contributed by atoms with Crippen molar-refractivity contribution in [1.29, 1.82) is 0 Å². The number of hydrogen-bond acceptors (Lipinski definition) is 1. The third-order valence-electron chi connectivity index (χ3n) is 3.62. The van der Waals surface area contributed by atoms with Crippen molar-refractivity contribution < 1.29 is 4.79 Å². The van der Waals surface area contributed by atoms with Gasteiger partial charge in [-0.3, -0.25) is 0 Å². The van der Waals surface area contributed by atoms with Crippen molar-refractivity contribution in [1.82, 2.24) is 5.32 Å². The maximum atomic E-state index is 11.6. The fraction of sp³-hybridized carbons (Fsp3) is 0.533. The number of carbonyl (C=O) groups excluding carboxylic acids is 1. The molecule has 0 atom stereocenters. The highest BCUT2D eigenvalue weighted by Gasteiger charge is 2.14. The highest BCUT2D eigenvalue weighted by atomic mass is 16.2. The molecule has 1 aromatic rings. The van der Waals surface area contributed by atoms with Crippen molar-refractivity contribution in [3.63, 3.8) is 0 Å². The molecule has 1 saturated carbocycles. The molecule has 0 spiro atoms. The molecule has 2 amide bonds. The molecule has 0 aromatic heterocycles. The van der Waals surface area contributed by atoms with E-state index in [2.05, 4.69) is 10.6 Å². The number of anilines is 1. The summed E-state index contributed by atoms with van der Waals surface area (Å²) in [5.41, 5.74) is 2.04. The Balaban J connectivity index is 1.66. The van der Waals surface area contributed by atoms with E-state index in [0.29, 0.717) is 0 Å². The second-order valence-electron chi connectivity index (χ2n) is 5.19. The lowest BCUT2D eigenvalue weighted by molar-refractivity contribution is 0.251. The van der Waals surface area contributed by atoms with Crippen molar-refractivity contribution in [2.45, 2.75) is 39.0 Å². The van der Waals surface area contributed by atoms with Crippen LogP contribution in [0.2, 0.25) is 0 Å². The second kappa shape index (κ2) is 6.43. The molecule has 2 rings (SSSR count). The van der Waals surface area contributed by atoms with Gasteiger partial charge < -0.3 is 10.6 Å². The first kappa shape index (κ1) is 12.9. The predicted molar refractivity (Wildman–Crippen MR) is 74.8 cm³/mol. The van der Waals surface area contributed by atoms with Crippen LogP contribution in [-0.4, -0.2) is 12.6 Å². The number of aryl methyl sites for hydroxylation is 1. The molecular formula is C15H22N2O. The van der Waals surface area contributed by atoms with Gasteiger partial charge in [-0.05, 0) is 31.4 Å². The smallest absolute Gasteiger partial charge is 0.319 e. The Morgan fingerprint density at radius 2 is 1.89 bits per heavy atom. The van der Waals surface area contributed by atoms with Crippen LogP contribution in [0, 0.1) is 12.8 Å². The average Bonchev–Trinajstić information content (AvgIpc) is 2.85. The number of nitrogens with one attached hydrogen (secondary N) is 2. The topological polar surface area (TPSA) is 41.1 Å². The Labute approximate surface area is 109 Å². The minimum absolute atomic E-state index is 0.100. The van der Waals surface area contributed by atoms with Gasteiger partial charge in [-0.25, -0.2) is 4.79 Å². The number of amides is 2. The van der Waals surface area contributed by atoms with Gasteiger partial charge >= 0.3 is 6.03 Å². The van der Waals surface area contributed by atoms with E-state index in [4.69, 9.17) is 0 Å². The first-order valence-corrected chi connectivity index (χ1v) is 6.85. The Kier molecular flexibility index (Phi) is 4.62. The lowest BCUT2D eigenvalue weighted by atomic mass is 10.0. The van der Waals surface area contributed by atoms with E-state index in [0.717, 1.165) is 24.6 Å². The molecule has 18 heavy (non-hydrogen) atoms. The first-order valence-electron chi connectivity index (χ1n) is 6.85. The molecular weight excluding hydrogens is 224 g/mol. The lowest BCUT2D eigenvalue weighted by Crippen LogP contribution is -2.30. The van der Waals surface area contributed by atoms with E-state index >= 15 is 0 Å². The number of benzene rings is 1. The van der Waals surface area contributed by atoms with Gasteiger partial charge in [0.15, 0.2) is 0 Å². The molecule has 0 saturated heterocycles. The zero-order valence-electron chi connectivity index (χ0n) is 11.0. The van der Waals surface area contributed by atoms with Crippen molar-refractivity contribution in [3.8, 4) is 0 Å². The number of urea groups is 1. The van der Waals surface area contributed by atoms with Crippen LogP contribution in [0.15, 0.2) is 24.3 Å². The Morgan fingerprint density at radius 3 is 2.56 bits per heavy atom. The summed E-state index contributed by atoms with van der Waals surface area (Å²) in [6, 6.07) is 7.73. The molecule has 98 valence electrons. The highest BCUT2D eigenvalue weighted by molar-refractivity contribution is 5.89. The van der Waals surface area contributed by atoms with Crippen molar-refractivity contribution >= 4 is 11.7 Å². The fourth-order valence-corrected chi connectivity index (χ4v) is 2.50. The van der Waals surface area contributed by atoms with Gasteiger partial charge in [0.1, 0.15) is 0 Å². The zero-order chi connectivity index (χ0) is 12.8. The molecule has 0 radical (unpaired) electrons. The molecule has 3 nitrogen and oxygen atoms in total. The van der Waals surface area contributed by atoms with E-state index in [9.17, 15) is 4.79 Å². The van der Waals surface area contributed by atoms with Crippen molar-refractivity contribution in [3.05, 3.63) is 29.8 Å². The van der Waals surface area contributed by atoms with Crippen LogP contribution in [0.4, 0.5) is 10.5 Å². The molecule has 0 heterocycles. The predicted octanol–water partition coefficient (Wildman–Crippen LogP) is 3.70. The molecule has 0 unspecified atom stereocenters. The van der Waals surface area contributed by atoms with Gasteiger partial charge in [0.25, 0.3) is 0 Å². The summed E-state index contributed by atoms with van der Waals surface area (Å²) in [4.78, 5) is 11.6. The summed E-state index contributed by atoms with van der Waals surface area (Å²) >= 11 is 0. The molecule has 1 aromatic carbocycles. The van der Waals surface area contributed by atoms with Crippen LogP contribution in [0.3, 0.4) is 0 Å². The molecule has 3 heteroatoms. The van der Waals surface area contributed by atoms with E-state index in [1.807, 2.05) is 31.2 Å². The van der Waals surface area contributed by atoms with Crippen LogP contribution in [0.5, 0.6) is 0 Å². The molecule has 1 aliphatic rings. The third-order valence-corrected chi connectivity index (χ3v) is 3.62. The van der Waals surface area contributed by atoms with Gasteiger partial charge in [0, 0.05) is 12.2 Å². The van der Waals surface area contributed by atoms with Crippen molar-refractivity contribution in [2.24, 2.45) is 5.92 Å². The quantitative estimate of drug-likeness (QED) is 0.835. The minimum Gasteiger partial charge on any atom is -0.338 e. The highest BCUT2D eigenvalue weighted by Crippen LogP contribution is 2.26. The molecule has 0 bridgehead atoms. The van der Waals surface area contributed by atoms with Crippen LogP contribution in [0.1, 0.15) is 37.7 Å². The summed E-state index contributed by atoms with van der Waals surface area (Å²) < 4.78 is 0. The largest absolute Gasteiger partial charge is 0.338 e. The van der Waals surface area contributed by atoms with E-state index in [1.54, 1.807) is 0 Å². The van der Waals surface area contributed by atoms with E-state index < -0.39 is 0 Å². The zero-order valence-corrected chi connectivity index (χ0v) is 11.0. The molecule has 0 aliphatic heterocycles. The minimum atomic E-state index is -0.100. The number of carbonyl (C=O) groups is 1. The van der Waals surface area contributed by atoms with Gasteiger partial charge in [-0.1, -0.05) is 43.4 Å². The first-order chi connectivity index (χ1) is 8.74. The monoisotopic (exact) mass is 246 g/mol. The molecule has 2 N–H and O–H groups in total. The molecule has 1 aliphatic carbocycles. The number of hydrogen-bond donors (Lipinski definition) is 2. The van der Waals surface area contributed by atoms with Gasteiger partial charge in [0.2, 0.25) is 0 Å². The maximum Gasteiger partial charge on any atom is 0.319 e.